The molecule has 0 radical (unpaired) electrons. The predicted octanol–water partition coefficient (Wildman–Crippen LogP) is 0.966. The van der Waals surface area contributed by atoms with E-state index in [1.165, 1.54) is 6.92 Å². The van der Waals surface area contributed by atoms with Gasteiger partial charge in [-0.1, -0.05) is 6.07 Å². The minimum absolute atomic E-state index is 0.439. The van der Waals surface area contributed by atoms with Gasteiger partial charge in [-0.15, -0.1) is 0 Å². The molecule has 0 aliphatic heterocycles. The third kappa shape index (κ3) is 2.62. The average molecular weight is 265 g/mol. The van der Waals surface area contributed by atoms with E-state index in [9.17, 15) is 17.2 Å². The van der Waals surface area contributed by atoms with Crippen LogP contribution in [0.4, 0.5) is 8.78 Å². The van der Waals surface area contributed by atoms with Crippen molar-refractivity contribution in [3.8, 4) is 0 Å². The molecular weight excluding hydrogens is 252 g/mol. The van der Waals surface area contributed by atoms with Gasteiger partial charge in [-0.3, -0.25) is 0 Å². The second-order valence-electron chi connectivity index (χ2n) is 3.60. The molecule has 0 heterocycles. The first kappa shape index (κ1) is 14.0. The molecule has 1 rings (SSSR count). The highest BCUT2D eigenvalue weighted by molar-refractivity contribution is 7.89. The summed E-state index contributed by atoms with van der Waals surface area (Å²) in [5.41, 5.74) is 0. The first-order valence-corrected chi connectivity index (χ1v) is 6.29. The Labute approximate surface area is 98.5 Å². The fourth-order valence-electron chi connectivity index (χ4n) is 1.22. The van der Waals surface area contributed by atoms with Gasteiger partial charge in [-0.2, -0.15) is 4.31 Å². The maximum atomic E-state index is 13.4. The topological polar surface area (TPSA) is 57.6 Å². The average Bonchev–Trinajstić information content (AvgIpc) is 2.26. The van der Waals surface area contributed by atoms with Gasteiger partial charge in [0.2, 0.25) is 10.0 Å². The quantitative estimate of drug-likeness (QED) is 0.882. The van der Waals surface area contributed by atoms with E-state index < -0.39 is 39.2 Å². The van der Waals surface area contributed by atoms with E-state index in [4.69, 9.17) is 5.11 Å². The van der Waals surface area contributed by atoms with Crippen LogP contribution in [0.1, 0.15) is 6.92 Å². The number of rotatable bonds is 4. The maximum absolute atomic E-state index is 13.4. The molecule has 0 saturated heterocycles. The van der Waals surface area contributed by atoms with Crippen LogP contribution in [0.25, 0.3) is 0 Å². The number of aliphatic hydroxyl groups is 1. The molecule has 4 nitrogen and oxygen atoms in total. The summed E-state index contributed by atoms with van der Waals surface area (Å²) in [7, 11) is -3.13. The van der Waals surface area contributed by atoms with Crippen LogP contribution in [-0.4, -0.2) is 37.5 Å². The minimum atomic E-state index is -4.29. The maximum Gasteiger partial charge on any atom is 0.248 e. The van der Waals surface area contributed by atoms with Crippen molar-refractivity contribution in [2.75, 3.05) is 13.7 Å². The lowest BCUT2D eigenvalue weighted by atomic mass is 10.3. The van der Waals surface area contributed by atoms with Gasteiger partial charge in [0.25, 0.3) is 0 Å². The van der Waals surface area contributed by atoms with Crippen LogP contribution < -0.4 is 0 Å². The van der Waals surface area contributed by atoms with Crippen molar-refractivity contribution >= 4 is 10.0 Å². The van der Waals surface area contributed by atoms with Crippen LogP contribution in [0.5, 0.6) is 0 Å². The van der Waals surface area contributed by atoms with Gasteiger partial charge in [-0.25, -0.2) is 17.2 Å². The Morgan fingerprint density at radius 2 is 1.82 bits per heavy atom. The molecule has 0 bridgehead atoms. The van der Waals surface area contributed by atoms with E-state index in [1.807, 2.05) is 0 Å². The van der Waals surface area contributed by atoms with Gasteiger partial charge in [0.1, 0.15) is 11.6 Å². The minimum Gasteiger partial charge on any atom is -0.395 e. The van der Waals surface area contributed by atoms with Gasteiger partial charge >= 0.3 is 0 Å². The molecule has 1 atom stereocenters. The van der Waals surface area contributed by atoms with E-state index in [2.05, 4.69) is 0 Å². The van der Waals surface area contributed by atoms with Crippen molar-refractivity contribution < 1.29 is 22.3 Å². The first-order chi connectivity index (χ1) is 7.82. The van der Waals surface area contributed by atoms with Crippen molar-refractivity contribution in [2.24, 2.45) is 0 Å². The SMILES string of the molecule is CC(CO)N(C)S(=O)(=O)c1c(F)cccc1F. The second kappa shape index (κ2) is 5.07. The smallest absolute Gasteiger partial charge is 0.248 e. The highest BCUT2D eigenvalue weighted by Gasteiger charge is 2.30. The Morgan fingerprint density at radius 3 is 2.24 bits per heavy atom. The Hall–Kier alpha value is -1.05. The van der Waals surface area contributed by atoms with Crippen molar-refractivity contribution in [1.82, 2.24) is 4.31 Å². The Bertz CT molecular complexity index is 484. The van der Waals surface area contributed by atoms with E-state index >= 15 is 0 Å². The summed E-state index contributed by atoms with van der Waals surface area (Å²) >= 11 is 0. The lowest BCUT2D eigenvalue weighted by molar-refractivity contribution is 0.213. The van der Waals surface area contributed by atoms with Crippen LogP contribution >= 0.6 is 0 Å². The summed E-state index contributed by atoms with van der Waals surface area (Å²) in [6.07, 6.45) is 0. The van der Waals surface area contributed by atoms with Crippen molar-refractivity contribution in [3.05, 3.63) is 29.8 Å². The number of nitrogens with zero attached hydrogens (tertiary/aromatic N) is 1. The normalized spacial score (nSPS) is 14.0. The zero-order chi connectivity index (χ0) is 13.2. The molecule has 0 amide bonds. The molecule has 96 valence electrons. The molecule has 0 spiro atoms. The summed E-state index contributed by atoms with van der Waals surface area (Å²) in [4.78, 5) is -0.997. The fraction of sp³-hybridized carbons (Fsp3) is 0.400. The largest absolute Gasteiger partial charge is 0.395 e. The lowest BCUT2D eigenvalue weighted by Crippen LogP contribution is -2.38. The lowest BCUT2D eigenvalue weighted by Gasteiger charge is -2.22. The second-order valence-corrected chi connectivity index (χ2v) is 5.54. The van der Waals surface area contributed by atoms with Crippen molar-refractivity contribution in [1.29, 1.82) is 0 Å². The molecule has 0 aromatic heterocycles. The number of likely N-dealkylation sites (N-methyl/N-ethyl adjacent to an activating group) is 1. The molecule has 1 N–H and O–H groups in total. The number of hydrogen-bond acceptors (Lipinski definition) is 3. The van der Waals surface area contributed by atoms with Gasteiger partial charge in [0, 0.05) is 13.1 Å². The van der Waals surface area contributed by atoms with Gasteiger partial charge in [0.05, 0.1) is 6.61 Å². The summed E-state index contributed by atoms with van der Waals surface area (Å²) in [5, 5.41) is 8.86. The highest BCUT2D eigenvalue weighted by Crippen LogP contribution is 2.22. The summed E-state index contributed by atoms with van der Waals surface area (Å²) in [6.45, 7) is 0.988. The van der Waals surface area contributed by atoms with Crippen LogP contribution in [0, 0.1) is 11.6 Å². The van der Waals surface area contributed by atoms with Crippen LogP contribution in [0.2, 0.25) is 0 Å². The molecule has 0 fully saturated rings. The standard InChI is InChI=1S/C10H13F2NO3S/c1-7(6-14)13(2)17(15,16)10-8(11)4-3-5-9(10)12/h3-5,7,14H,6H2,1-2H3. The van der Waals surface area contributed by atoms with Crippen molar-refractivity contribution in [2.45, 2.75) is 17.9 Å². The molecule has 17 heavy (non-hydrogen) atoms. The van der Waals surface area contributed by atoms with Crippen molar-refractivity contribution in [3.63, 3.8) is 0 Å². The summed E-state index contributed by atoms with van der Waals surface area (Å²) in [6, 6.07) is 2.05. The van der Waals surface area contributed by atoms with Gasteiger partial charge in [0.15, 0.2) is 4.90 Å². The molecule has 0 saturated carbocycles. The monoisotopic (exact) mass is 265 g/mol. The van der Waals surface area contributed by atoms with E-state index in [0.29, 0.717) is 0 Å². The van der Waals surface area contributed by atoms with E-state index in [1.54, 1.807) is 0 Å². The predicted molar refractivity (Wildman–Crippen MR) is 57.9 cm³/mol. The van der Waals surface area contributed by atoms with Gasteiger partial charge in [-0.05, 0) is 19.1 Å². The summed E-state index contributed by atoms with van der Waals surface area (Å²) < 4.78 is 51.3. The van der Waals surface area contributed by atoms with Gasteiger partial charge < -0.3 is 5.11 Å². The number of halogens is 2. The highest BCUT2D eigenvalue weighted by atomic mass is 32.2. The zero-order valence-corrected chi connectivity index (χ0v) is 10.2. The number of hydrogen-bond donors (Lipinski definition) is 1. The van der Waals surface area contributed by atoms with E-state index in [0.717, 1.165) is 29.6 Å². The molecule has 1 aromatic rings. The Morgan fingerprint density at radius 1 is 1.35 bits per heavy atom. The van der Waals surface area contributed by atoms with Crippen LogP contribution in [-0.2, 0) is 10.0 Å². The number of sulfonamides is 1. The first-order valence-electron chi connectivity index (χ1n) is 4.85. The third-order valence-electron chi connectivity index (χ3n) is 2.44. The Kier molecular flexibility index (Phi) is 4.18. The summed E-state index contributed by atoms with van der Waals surface area (Å²) in [5.74, 6) is -2.30. The molecule has 1 aromatic carbocycles. The fourth-order valence-corrected chi connectivity index (χ4v) is 2.68. The number of benzene rings is 1. The molecule has 1 unspecified atom stereocenters. The zero-order valence-electron chi connectivity index (χ0n) is 9.39. The van der Waals surface area contributed by atoms with E-state index in [-0.39, 0.29) is 0 Å². The molecule has 0 aliphatic carbocycles. The number of aliphatic hydroxyl groups excluding tert-OH is 1. The molecule has 7 heteroatoms. The van der Waals surface area contributed by atoms with Crippen LogP contribution in [0.15, 0.2) is 23.1 Å². The third-order valence-corrected chi connectivity index (χ3v) is 4.47. The molecular formula is C10H13F2NO3S. The Balaban J connectivity index is 3.32. The van der Waals surface area contributed by atoms with Crippen LogP contribution in [0.3, 0.4) is 0 Å². The molecule has 0 aliphatic rings.